The van der Waals surface area contributed by atoms with Gasteiger partial charge in [0, 0.05) is 11.3 Å². The van der Waals surface area contributed by atoms with Crippen LogP contribution in [0, 0.1) is 0 Å². The van der Waals surface area contributed by atoms with Crippen LogP contribution >= 0.6 is 47.0 Å². The van der Waals surface area contributed by atoms with Crippen LogP contribution in [0.3, 0.4) is 0 Å². The fourth-order valence-corrected chi connectivity index (χ4v) is 2.34. The lowest BCUT2D eigenvalue weighted by Gasteiger charge is -2.22. The largest absolute Gasteiger partial charge is 0.277 e. The molecule has 0 atom stereocenters. The van der Waals surface area contributed by atoms with Crippen LogP contribution in [0.2, 0.25) is 0 Å². The summed E-state index contributed by atoms with van der Waals surface area (Å²) in [6, 6.07) is 0. The van der Waals surface area contributed by atoms with Crippen LogP contribution in [0.5, 0.6) is 0 Å². The average molecular weight is 297 g/mol. The Morgan fingerprint density at radius 2 is 1.88 bits per heavy atom. The minimum Gasteiger partial charge on any atom is -0.268 e. The van der Waals surface area contributed by atoms with E-state index in [0.717, 1.165) is 0 Å². The Balaban J connectivity index is 2.52. The Morgan fingerprint density at radius 3 is 2.38 bits per heavy atom. The first-order chi connectivity index (χ1) is 7.34. The van der Waals surface area contributed by atoms with Crippen molar-refractivity contribution in [2.24, 2.45) is 0 Å². The highest BCUT2D eigenvalue weighted by Gasteiger charge is 2.48. The molecule has 0 aromatic carbocycles. The molecule has 84 valence electrons. The zero-order valence-corrected chi connectivity index (χ0v) is 10.8. The number of thiocarbonyl (C=S) groups is 1. The van der Waals surface area contributed by atoms with Gasteiger partial charge in [0.25, 0.3) is 15.7 Å². The summed E-state index contributed by atoms with van der Waals surface area (Å²) >= 11 is 21.7. The predicted molar refractivity (Wildman–Crippen MR) is 65.5 cm³/mol. The van der Waals surface area contributed by atoms with E-state index in [4.69, 9.17) is 47.0 Å². The number of amides is 2. The molecule has 1 aliphatic carbocycles. The molecule has 0 radical (unpaired) electrons. The number of carbonyl (C=O) groups is 2. The maximum Gasteiger partial charge on any atom is 0.277 e. The minimum absolute atomic E-state index is 0.175. The molecule has 0 saturated carbocycles. The Bertz CT molecular complexity index is 476. The summed E-state index contributed by atoms with van der Waals surface area (Å²) in [5.74, 6) is -1.27. The number of halogens is 3. The lowest BCUT2D eigenvalue weighted by molar-refractivity contribution is -0.137. The highest BCUT2D eigenvalue weighted by molar-refractivity contribution is 7.81. The van der Waals surface area contributed by atoms with Gasteiger partial charge in [-0.05, 0) is 0 Å². The summed E-state index contributed by atoms with van der Waals surface area (Å²) in [6.07, 6.45) is 3.68. The Morgan fingerprint density at radius 1 is 1.25 bits per heavy atom. The van der Waals surface area contributed by atoms with Crippen molar-refractivity contribution >= 4 is 63.7 Å². The standard InChI is InChI=1S/C9H4Cl3NO2S/c10-9(11,12)13-7(14)4-2-1-3-5(16)6(4)8(13)15/h1-2H,3H2. The van der Waals surface area contributed by atoms with Gasteiger partial charge in [0.15, 0.2) is 0 Å². The Hall–Kier alpha value is -0.420. The van der Waals surface area contributed by atoms with Gasteiger partial charge < -0.3 is 0 Å². The number of hydrogen-bond donors (Lipinski definition) is 0. The van der Waals surface area contributed by atoms with Crippen LogP contribution in [-0.4, -0.2) is 25.5 Å². The second-order valence-electron chi connectivity index (χ2n) is 3.23. The molecule has 0 spiro atoms. The van der Waals surface area contributed by atoms with Crippen LogP contribution in [0.25, 0.3) is 0 Å². The number of alkyl halides is 3. The van der Waals surface area contributed by atoms with Gasteiger partial charge in [-0.1, -0.05) is 59.2 Å². The number of nitrogens with zero attached hydrogens (tertiary/aromatic N) is 1. The summed E-state index contributed by atoms with van der Waals surface area (Å²) in [7, 11) is 0. The van der Waals surface area contributed by atoms with E-state index in [2.05, 4.69) is 0 Å². The molecule has 7 heteroatoms. The van der Waals surface area contributed by atoms with Gasteiger partial charge in [-0.3, -0.25) is 9.59 Å². The molecule has 0 aromatic rings. The normalized spacial score (nSPS) is 20.9. The van der Waals surface area contributed by atoms with E-state index in [1.165, 1.54) is 6.08 Å². The number of rotatable bonds is 0. The molecule has 2 amide bonds. The maximum atomic E-state index is 11.9. The molecular formula is C9H4Cl3NO2S. The zero-order chi connectivity index (χ0) is 12.1. The van der Waals surface area contributed by atoms with Crippen LogP contribution in [0.4, 0.5) is 0 Å². The van der Waals surface area contributed by atoms with E-state index in [1.54, 1.807) is 6.08 Å². The summed E-state index contributed by atoms with van der Waals surface area (Å²) in [5.41, 5.74) is 0.376. The molecule has 0 bridgehead atoms. The molecule has 0 N–H and O–H groups in total. The molecule has 2 aliphatic rings. The van der Waals surface area contributed by atoms with Crippen molar-refractivity contribution in [3.05, 3.63) is 23.3 Å². The Labute approximate surface area is 112 Å². The van der Waals surface area contributed by atoms with Gasteiger partial charge in [-0.2, -0.15) is 0 Å². The monoisotopic (exact) mass is 295 g/mol. The van der Waals surface area contributed by atoms with Crippen molar-refractivity contribution in [3.8, 4) is 0 Å². The number of imide groups is 1. The second kappa shape index (κ2) is 3.81. The fraction of sp³-hybridized carbons (Fsp3) is 0.222. The van der Waals surface area contributed by atoms with E-state index in [-0.39, 0.29) is 11.1 Å². The maximum absolute atomic E-state index is 11.9. The molecule has 0 aromatic heterocycles. The number of allylic oxidation sites excluding steroid dienone is 1. The van der Waals surface area contributed by atoms with Crippen molar-refractivity contribution < 1.29 is 9.59 Å². The fourth-order valence-electron chi connectivity index (χ4n) is 1.59. The van der Waals surface area contributed by atoms with Crippen LogP contribution < -0.4 is 0 Å². The van der Waals surface area contributed by atoms with E-state index in [1.807, 2.05) is 0 Å². The molecule has 3 nitrogen and oxygen atoms in total. The average Bonchev–Trinajstić information content (AvgIpc) is 2.39. The lowest BCUT2D eigenvalue weighted by atomic mass is 9.99. The van der Waals surface area contributed by atoms with Crippen molar-refractivity contribution in [1.82, 2.24) is 4.90 Å². The second-order valence-corrected chi connectivity index (χ2v) is 5.95. The van der Waals surface area contributed by atoms with Gasteiger partial charge in [0.1, 0.15) is 0 Å². The van der Waals surface area contributed by atoms with E-state index in [9.17, 15) is 9.59 Å². The first kappa shape index (κ1) is 12.0. The van der Waals surface area contributed by atoms with Crippen molar-refractivity contribution in [3.63, 3.8) is 0 Å². The molecule has 0 unspecified atom stereocenters. The third kappa shape index (κ3) is 1.70. The third-order valence-corrected chi connectivity index (χ3v) is 3.12. The summed E-state index contributed by atoms with van der Waals surface area (Å²) in [4.78, 5) is 24.7. The smallest absolute Gasteiger partial charge is 0.268 e. The number of carbonyl (C=O) groups excluding carboxylic acids is 2. The molecule has 2 rings (SSSR count). The van der Waals surface area contributed by atoms with Crippen molar-refractivity contribution in [2.75, 3.05) is 0 Å². The van der Waals surface area contributed by atoms with Crippen molar-refractivity contribution in [2.45, 2.75) is 10.3 Å². The molecule has 1 heterocycles. The molecule has 1 aliphatic heterocycles. The van der Waals surface area contributed by atoms with Gasteiger partial charge in [-0.25, -0.2) is 4.90 Å². The SMILES string of the molecule is O=C1C2=C(C(=O)N1C(Cl)(Cl)Cl)C(=S)CC=C2. The predicted octanol–water partition coefficient (Wildman–Crippen LogP) is 2.31. The van der Waals surface area contributed by atoms with E-state index >= 15 is 0 Å². The third-order valence-electron chi connectivity index (χ3n) is 2.24. The lowest BCUT2D eigenvalue weighted by Crippen LogP contribution is -2.41. The highest BCUT2D eigenvalue weighted by Crippen LogP contribution is 2.39. The van der Waals surface area contributed by atoms with Crippen molar-refractivity contribution in [1.29, 1.82) is 0 Å². The molecule has 0 saturated heterocycles. The Kier molecular flexibility index (Phi) is 2.87. The van der Waals surface area contributed by atoms with Gasteiger partial charge in [0.2, 0.25) is 0 Å². The van der Waals surface area contributed by atoms with E-state index in [0.29, 0.717) is 16.2 Å². The molecular weight excluding hydrogens is 293 g/mol. The zero-order valence-electron chi connectivity index (χ0n) is 7.67. The topological polar surface area (TPSA) is 37.4 Å². The summed E-state index contributed by atoms with van der Waals surface area (Å²) in [6.45, 7) is 0. The van der Waals surface area contributed by atoms with E-state index < -0.39 is 15.7 Å². The summed E-state index contributed by atoms with van der Waals surface area (Å²) < 4.78 is -2.09. The molecule has 0 fully saturated rings. The minimum atomic E-state index is -2.09. The van der Waals surface area contributed by atoms with Crippen LogP contribution in [0.1, 0.15) is 6.42 Å². The van der Waals surface area contributed by atoms with Gasteiger partial charge in [0.05, 0.1) is 11.1 Å². The van der Waals surface area contributed by atoms with Crippen LogP contribution in [0.15, 0.2) is 23.3 Å². The highest BCUT2D eigenvalue weighted by atomic mass is 35.6. The molecule has 16 heavy (non-hydrogen) atoms. The van der Waals surface area contributed by atoms with Crippen LogP contribution in [-0.2, 0) is 9.59 Å². The first-order valence-electron chi connectivity index (χ1n) is 4.23. The summed E-state index contributed by atoms with van der Waals surface area (Å²) in [5, 5.41) is 0. The quantitative estimate of drug-likeness (QED) is 0.298. The van der Waals surface area contributed by atoms with Gasteiger partial charge in [-0.15, -0.1) is 0 Å². The van der Waals surface area contributed by atoms with Gasteiger partial charge >= 0.3 is 0 Å². The number of hydrogen-bond acceptors (Lipinski definition) is 3. The first-order valence-corrected chi connectivity index (χ1v) is 5.78.